The van der Waals surface area contributed by atoms with Gasteiger partial charge in [0.2, 0.25) is 0 Å². The lowest BCUT2D eigenvalue weighted by Crippen LogP contribution is -2.62. The van der Waals surface area contributed by atoms with E-state index in [9.17, 15) is 0 Å². The second kappa shape index (κ2) is 9.93. The number of hydrogen-bond acceptors (Lipinski definition) is 1. The molecule has 2 atom stereocenters. The first-order valence-electron chi connectivity index (χ1n) is 17.8. The Morgan fingerprint density at radius 1 is 0.814 bits per heavy atom. The first kappa shape index (κ1) is 30.0. The van der Waals surface area contributed by atoms with Crippen molar-refractivity contribution in [3.63, 3.8) is 0 Å². The van der Waals surface area contributed by atoms with Crippen molar-refractivity contribution in [3.05, 3.63) is 63.2 Å². The molecule has 0 radical (unpaired) electrons. The van der Waals surface area contributed by atoms with E-state index in [1.54, 1.807) is 33.4 Å². The van der Waals surface area contributed by atoms with E-state index in [-0.39, 0.29) is 10.8 Å². The van der Waals surface area contributed by atoms with Gasteiger partial charge in [0.15, 0.2) is 0 Å². The Morgan fingerprint density at radius 3 is 1.91 bits per heavy atom. The zero-order chi connectivity index (χ0) is 30.7. The average Bonchev–Trinajstić information content (AvgIpc) is 3.48. The third-order valence-electron chi connectivity index (χ3n) is 12.9. The summed E-state index contributed by atoms with van der Waals surface area (Å²) in [5, 5.41) is 0. The van der Waals surface area contributed by atoms with Crippen LogP contribution < -0.4 is 4.98 Å². The lowest BCUT2D eigenvalue weighted by molar-refractivity contribution is -0.0671. The van der Waals surface area contributed by atoms with Crippen molar-refractivity contribution in [1.82, 2.24) is 4.98 Å². The quantitative estimate of drug-likeness (QED) is 0.340. The molecule has 8 rings (SSSR count). The van der Waals surface area contributed by atoms with Crippen molar-refractivity contribution in [2.45, 2.75) is 149 Å². The van der Waals surface area contributed by atoms with Gasteiger partial charge in [-0.25, -0.2) is 0 Å². The van der Waals surface area contributed by atoms with Gasteiger partial charge in [0.1, 0.15) is 8.24 Å². The Labute approximate surface area is 264 Å². The van der Waals surface area contributed by atoms with Crippen molar-refractivity contribution in [1.29, 1.82) is 0 Å². The van der Waals surface area contributed by atoms with Crippen LogP contribution in [0.15, 0.2) is 29.8 Å². The molecule has 4 saturated carbocycles. The Bertz CT molecular complexity index is 1410. The Balaban J connectivity index is 1.30. The SMILES string of the molecule is CC1=Cc2c(cc3c(c2-c2cc(C(C)(C)C)cc(C(C)(C)C)c2)CCC3)C1[Si](C)(C)NC(C)C12CC3CC(CC(C3)C1)C2. The average molecular weight is 594 g/mol. The molecule has 0 amide bonds. The van der Waals surface area contributed by atoms with Gasteiger partial charge in [0.05, 0.1) is 0 Å². The predicted molar refractivity (Wildman–Crippen MR) is 188 cm³/mol. The number of nitrogens with one attached hydrogen (secondary N) is 1. The van der Waals surface area contributed by atoms with Gasteiger partial charge < -0.3 is 4.98 Å². The molecule has 0 aliphatic heterocycles. The molecule has 0 aromatic heterocycles. The highest BCUT2D eigenvalue weighted by Gasteiger charge is 2.54. The largest absolute Gasteiger partial charge is 0.334 e. The molecule has 232 valence electrons. The highest BCUT2D eigenvalue weighted by molar-refractivity contribution is 6.77. The number of hydrogen-bond donors (Lipinski definition) is 1. The van der Waals surface area contributed by atoms with Crippen molar-refractivity contribution in [2.24, 2.45) is 23.2 Å². The van der Waals surface area contributed by atoms with Gasteiger partial charge in [0.25, 0.3) is 0 Å². The minimum absolute atomic E-state index is 0.123. The third kappa shape index (κ3) is 5.06. The van der Waals surface area contributed by atoms with Crippen molar-refractivity contribution < 1.29 is 0 Å². The van der Waals surface area contributed by atoms with Crippen LogP contribution in [0.4, 0.5) is 0 Å². The first-order chi connectivity index (χ1) is 20.0. The monoisotopic (exact) mass is 593 g/mol. The second-order valence-corrected chi connectivity index (χ2v) is 23.0. The lowest BCUT2D eigenvalue weighted by Gasteiger charge is -2.60. The molecular weight excluding hydrogens is 535 g/mol. The minimum atomic E-state index is -1.86. The van der Waals surface area contributed by atoms with E-state index in [1.165, 1.54) is 74.5 Å². The molecule has 2 aromatic carbocycles. The standard InChI is InChI=1S/C41H59NSi/c1-25-14-35-36(38(25)43(9,10)42-26(2)41-22-27-15-28(23-41)17-29(16-27)24-41)20-30-12-11-13-34(30)37(35)31-18-32(39(3,4)5)21-33(19-31)40(6,7)8/h14,18-21,26-29,38,42H,11-13,15-17,22-24H2,1-10H3. The van der Waals surface area contributed by atoms with Crippen LogP contribution >= 0.6 is 0 Å². The third-order valence-corrected chi connectivity index (χ3v) is 16.3. The summed E-state index contributed by atoms with van der Waals surface area (Å²) in [6.07, 6.45) is 15.5. The topological polar surface area (TPSA) is 12.0 Å². The molecule has 43 heavy (non-hydrogen) atoms. The van der Waals surface area contributed by atoms with Crippen molar-refractivity contribution >= 4 is 14.3 Å². The molecule has 2 unspecified atom stereocenters. The Morgan fingerprint density at radius 2 is 1.37 bits per heavy atom. The maximum atomic E-state index is 4.51. The summed E-state index contributed by atoms with van der Waals surface area (Å²) in [6, 6.07) is 10.9. The molecule has 2 aromatic rings. The van der Waals surface area contributed by atoms with Crippen molar-refractivity contribution in [2.75, 3.05) is 0 Å². The fourth-order valence-electron chi connectivity index (χ4n) is 11.2. The summed E-state index contributed by atoms with van der Waals surface area (Å²) in [7, 11) is -1.86. The van der Waals surface area contributed by atoms with Crippen LogP contribution in [0.5, 0.6) is 0 Å². The zero-order valence-electron chi connectivity index (χ0n) is 29.1. The summed E-state index contributed by atoms with van der Waals surface area (Å²) < 4.78 is 0. The van der Waals surface area contributed by atoms with E-state index in [0.717, 1.165) is 17.8 Å². The van der Waals surface area contributed by atoms with Gasteiger partial charge in [-0.05, 0) is 150 Å². The van der Waals surface area contributed by atoms with Crippen LogP contribution in [0.3, 0.4) is 0 Å². The molecule has 1 N–H and O–H groups in total. The summed E-state index contributed by atoms with van der Waals surface area (Å²) >= 11 is 0. The fraction of sp³-hybridized carbons (Fsp3) is 0.659. The van der Waals surface area contributed by atoms with Crippen LogP contribution in [0.25, 0.3) is 17.2 Å². The van der Waals surface area contributed by atoms with Crippen LogP contribution in [-0.2, 0) is 23.7 Å². The zero-order valence-corrected chi connectivity index (χ0v) is 30.1. The van der Waals surface area contributed by atoms with E-state index >= 15 is 0 Å². The number of rotatable bonds is 5. The van der Waals surface area contributed by atoms with Gasteiger partial charge in [-0.15, -0.1) is 0 Å². The molecule has 2 heteroatoms. The molecule has 6 aliphatic rings. The lowest BCUT2D eigenvalue weighted by atomic mass is 9.48. The van der Waals surface area contributed by atoms with E-state index in [0.29, 0.717) is 17.0 Å². The maximum absolute atomic E-state index is 4.51. The number of aryl methyl sites for hydroxylation is 1. The fourth-order valence-corrected chi connectivity index (χ4v) is 15.0. The Hall–Kier alpha value is -1.64. The normalized spacial score (nSPS) is 30.4. The van der Waals surface area contributed by atoms with Gasteiger partial charge in [-0.3, -0.25) is 0 Å². The summed E-state index contributed by atoms with van der Waals surface area (Å²) in [4.78, 5) is 4.51. The first-order valence-corrected chi connectivity index (χ1v) is 20.9. The van der Waals surface area contributed by atoms with Gasteiger partial charge in [-0.2, -0.15) is 0 Å². The number of fused-ring (bicyclic) bond motifs is 2. The van der Waals surface area contributed by atoms with E-state index in [2.05, 4.69) is 104 Å². The number of benzene rings is 2. The highest BCUT2D eigenvalue weighted by Crippen LogP contribution is 2.61. The summed E-state index contributed by atoms with van der Waals surface area (Å²) in [5.41, 5.74) is 15.4. The molecule has 0 spiro atoms. The molecule has 6 aliphatic carbocycles. The van der Waals surface area contributed by atoms with E-state index < -0.39 is 8.24 Å². The van der Waals surface area contributed by atoms with Crippen LogP contribution in [0, 0.1) is 23.2 Å². The number of allylic oxidation sites excluding steroid dienone is 1. The summed E-state index contributed by atoms with van der Waals surface area (Å²) in [5.74, 6) is 3.04. The maximum Gasteiger partial charge on any atom is 0.131 e. The molecule has 0 heterocycles. The summed E-state index contributed by atoms with van der Waals surface area (Å²) in [6.45, 7) is 24.6. The molecule has 4 fully saturated rings. The van der Waals surface area contributed by atoms with Crippen LogP contribution in [-0.4, -0.2) is 14.3 Å². The molecule has 4 bridgehead atoms. The molecule has 1 nitrogen and oxygen atoms in total. The van der Waals surface area contributed by atoms with Gasteiger partial charge >= 0.3 is 0 Å². The molecule has 0 saturated heterocycles. The van der Waals surface area contributed by atoms with Crippen LogP contribution in [0.2, 0.25) is 13.1 Å². The minimum Gasteiger partial charge on any atom is -0.334 e. The van der Waals surface area contributed by atoms with Crippen molar-refractivity contribution in [3.8, 4) is 11.1 Å². The van der Waals surface area contributed by atoms with Gasteiger partial charge in [0, 0.05) is 11.6 Å². The van der Waals surface area contributed by atoms with E-state index in [4.69, 9.17) is 0 Å². The predicted octanol–water partition coefficient (Wildman–Crippen LogP) is 10.9. The smallest absolute Gasteiger partial charge is 0.131 e. The van der Waals surface area contributed by atoms with Gasteiger partial charge in [-0.1, -0.05) is 90.6 Å². The Kier molecular flexibility index (Phi) is 6.93. The second-order valence-electron chi connectivity index (χ2n) is 18.7. The highest BCUT2D eigenvalue weighted by atomic mass is 28.3. The van der Waals surface area contributed by atoms with Crippen LogP contribution in [0.1, 0.15) is 139 Å². The van der Waals surface area contributed by atoms with E-state index in [1.807, 2.05) is 0 Å². The molecular formula is C41H59NSi.